The highest BCUT2D eigenvalue weighted by Gasteiger charge is 2.13. The molecule has 1 saturated heterocycles. The van der Waals surface area contributed by atoms with Gasteiger partial charge in [-0.1, -0.05) is 6.07 Å². The summed E-state index contributed by atoms with van der Waals surface area (Å²) in [5, 5.41) is 14.4. The van der Waals surface area contributed by atoms with E-state index in [0.717, 1.165) is 64.4 Å². The summed E-state index contributed by atoms with van der Waals surface area (Å²) in [4.78, 5) is 14.8. The van der Waals surface area contributed by atoms with Gasteiger partial charge in [-0.15, -0.1) is 0 Å². The average Bonchev–Trinajstić information content (AvgIpc) is 3.35. The topological polar surface area (TPSA) is 80.6 Å². The SMILES string of the molecule is Cc1c(Nc2c(C#N)cncc2C=Cc2cccc(CN3CCSCC3)n2)ccc2[nH]ccc12. The number of hydrogen-bond acceptors (Lipinski definition) is 6. The fourth-order valence-corrected chi connectivity index (χ4v) is 5.20. The van der Waals surface area contributed by atoms with Gasteiger partial charge in [0.1, 0.15) is 6.07 Å². The second kappa shape index (κ2) is 10.1. The van der Waals surface area contributed by atoms with Crippen molar-refractivity contribution in [1.29, 1.82) is 5.26 Å². The maximum atomic E-state index is 9.73. The van der Waals surface area contributed by atoms with E-state index in [9.17, 15) is 5.26 Å². The van der Waals surface area contributed by atoms with Gasteiger partial charge in [0.15, 0.2) is 0 Å². The first-order chi connectivity index (χ1) is 16.7. The smallest absolute Gasteiger partial charge is 0.103 e. The van der Waals surface area contributed by atoms with E-state index < -0.39 is 0 Å². The number of H-pyrrole nitrogens is 1. The molecule has 0 saturated carbocycles. The van der Waals surface area contributed by atoms with Crippen molar-refractivity contribution in [1.82, 2.24) is 19.9 Å². The molecule has 4 heterocycles. The first-order valence-corrected chi connectivity index (χ1v) is 12.5. The summed E-state index contributed by atoms with van der Waals surface area (Å²) in [5.41, 5.74) is 7.23. The number of thioether (sulfide) groups is 1. The summed E-state index contributed by atoms with van der Waals surface area (Å²) < 4.78 is 0. The Morgan fingerprint density at radius 3 is 2.88 bits per heavy atom. The minimum absolute atomic E-state index is 0.500. The molecule has 3 aromatic heterocycles. The van der Waals surface area contributed by atoms with E-state index in [2.05, 4.69) is 51.4 Å². The predicted octanol–water partition coefficient (Wildman–Crippen LogP) is 5.60. The van der Waals surface area contributed by atoms with E-state index in [4.69, 9.17) is 4.98 Å². The zero-order valence-electron chi connectivity index (χ0n) is 19.1. The van der Waals surface area contributed by atoms with Crippen LogP contribution in [0.15, 0.2) is 55.0 Å². The normalized spacial score (nSPS) is 14.5. The van der Waals surface area contributed by atoms with E-state index in [1.807, 2.05) is 48.3 Å². The fraction of sp³-hybridized carbons (Fsp3) is 0.222. The number of rotatable bonds is 6. The van der Waals surface area contributed by atoms with Crippen LogP contribution in [0.4, 0.5) is 11.4 Å². The molecule has 0 spiro atoms. The van der Waals surface area contributed by atoms with Gasteiger partial charge in [-0.25, -0.2) is 0 Å². The van der Waals surface area contributed by atoms with Crippen LogP contribution in [0.3, 0.4) is 0 Å². The Morgan fingerprint density at radius 1 is 1.15 bits per heavy atom. The monoisotopic (exact) mass is 466 g/mol. The molecule has 0 atom stereocenters. The molecule has 170 valence electrons. The van der Waals surface area contributed by atoms with Crippen molar-refractivity contribution in [3.05, 3.63) is 83.1 Å². The number of benzene rings is 1. The number of fused-ring (bicyclic) bond motifs is 1. The number of pyridine rings is 2. The standard InChI is InChI=1S/C27H26N6S/c1-19-24-9-10-30-26(24)8-7-25(19)32-27-20(16-29-17-21(27)15-28)5-6-22-3-2-4-23(31-22)18-33-11-13-34-14-12-33/h2-10,16-17,30H,11-14,18H2,1H3,(H,29,32). The molecular formula is C27H26N6S. The molecule has 1 aliphatic heterocycles. The van der Waals surface area contributed by atoms with Gasteiger partial charge in [0, 0.05) is 71.9 Å². The highest BCUT2D eigenvalue weighted by atomic mass is 32.2. The van der Waals surface area contributed by atoms with E-state index in [1.165, 1.54) is 11.5 Å². The van der Waals surface area contributed by atoms with E-state index in [-0.39, 0.29) is 0 Å². The number of nitrogens with zero attached hydrogens (tertiary/aromatic N) is 4. The summed E-state index contributed by atoms with van der Waals surface area (Å²) in [6.45, 7) is 5.18. The number of nitrogens with one attached hydrogen (secondary N) is 2. The van der Waals surface area contributed by atoms with Crippen molar-refractivity contribution in [3.8, 4) is 6.07 Å². The lowest BCUT2D eigenvalue weighted by Crippen LogP contribution is -2.32. The Balaban J connectivity index is 1.41. The second-order valence-electron chi connectivity index (χ2n) is 8.34. The van der Waals surface area contributed by atoms with Gasteiger partial charge in [-0.2, -0.15) is 17.0 Å². The molecule has 34 heavy (non-hydrogen) atoms. The van der Waals surface area contributed by atoms with Gasteiger partial charge in [-0.3, -0.25) is 14.9 Å². The molecule has 1 aliphatic rings. The third-order valence-corrected chi connectivity index (χ3v) is 7.05. The highest BCUT2D eigenvalue weighted by molar-refractivity contribution is 7.99. The van der Waals surface area contributed by atoms with Crippen molar-refractivity contribution in [2.24, 2.45) is 0 Å². The first kappa shape index (κ1) is 22.2. The molecule has 6 nitrogen and oxygen atoms in total. The number of aromatic nitrogens is 3. The van der Waals surface area contributed by atoms with Crippen LogP contribution < -0.4 is 5.32 Å². The second-order valence-corrected chi connectivity index (χ2v) is 9.57. The minimum atomic E-state index is 0.500. The average molecular weight is 467 g/mol. The van der Waals surface area contributed by atoms with Gasteiger partial charge in [0.05, 0.1) is 22.6 Å². The minimum Gasteiger partial charge on any atom is -0.361 e. The van der Waals surface area contributed by atoms with Crippen LogP contribution in [0, 0.1) is 18.3 Å². The van der Waals surface area contributed by atoms with Crippen LogP contribution in [-0.4, -0.2) is 44.4 Å². The largest absolute Gasteiger partial charge is 0.361 e. The lowest BCUT2D eigenvalue weighted by atomic mass is 10.1. The predicted molar refractivity (Wildman–Crippen MR) is 141 cm³/mol. The molecule has 4 aromatic rings. The van der Waals surface area contributed by atoms with Crippen molar-refractivity contribution in [3.63, 3.8) is 0 Å². The van der Waals surface area contributed by atoms with E-state index >= 15 is 0 Å². The third kappa shape index (κ3) is 4.84. The van der Waals surface area contributed by atoms with Crippen LogP contribution in [0.5, 0.6) is 0 Å². The molecule has 7 heteroatoms. The molecule has 2 N–H and O–H groups in total. The molecule has 5 rings (SSSR count). The molecule has 0 aliphatic carbocycles. The van der Waals surface area contributed by atoms with E-state index in [1.54, 1.807) is 12.4 Å². The third-order valence-electron chi connectivity index (χ3n) is 6.11. The van der Waals surface area contributed by atoms with Gasteiger partial charge < -0.3 is 10.3 Å². The van der Waals surface area contributed by atoms with E-state index in [0.29, 0.717) is 5.56 Å². The lowest BCUT2D eigenvalue weighted by Gasteiger charge is -2.25. The van der Waals surface area contributed by atoms with Crippen LogP contribution >= 0.6 is 11.8 Å². The fourth-order valence-electron chi connectivity index (χ4n) is 4.22. The maximum Gasteiger partial charge on any atom is 0.103 e. The Kier molecular flexibility index (Phi) is 6.61. The van der Waals surface area contributed by atoms with Crippen LogP contribution in [0.1, 0.15) is 28.1 Å². The molecule has 1 aromatic carbocycles. The molecule has 0 radical (unpaired) electrons. The van der Waals surface area contributed by atoms with Crippen molar-refractivity contribution in [2.75, 3.05) is 29.9 Å². The Hall–Kier alpha value is -3.60. The summed E-state index contributed by atoms with van der Waals surface area (Å²) in [7, 11) is 0. The number of hydrogen-bond donors (Lipinski definition) is 2. The van der Waals surface area contributed by atoms with Gasteiger partial charge in [0.25, 0.3) is 0 Å². The van der Waals surface area contributed by atoms with Crippen LogP contribution in [0.2, 0.25) is 0 Å². The quantitative estimate of drug-likeness (QED) is 0.385. The molecule has 0 amide bonds. The lowest BCUT2D eigenvalue weighted by molar-refractivity contribution is 0.291. The zero-order valence-corrected chi connectivity index (χ0v) is 19.9. The summed E-state index contributed by atoms with van der Waals surface area (Å²) in [6.07, 6.45) is 9.28. The van der Waals surface area contributed by atoms with Gasteiger partial charge >= 0.3 is 0 Å². The van der Waals surface area contributed by atoms with Crippen molar-refractivity contribution < 1.29 is 0 Å². The van der Waals surface area contributed by atoms with Crippen LogP contribution in [-0.2, 0) is 6.54 Å². The number of aromatic amines is 1. The van der Waals surface area contributed by atoms with Crippen molar-refractivity contribution in [2.45, 2.75) is 13.5 Å². The van der Waals surface area contributed by atoms with Crippen molar-refractivity contribution >= 4 is 46.2 Å². The summed E-state index contributed by atoms with van der Waals surface area (Å²) in [6, 6.07) is 14.6. The van der Waals surface area contributed by atoms with Gasteiger partial charge in [-0.05, 0) is 55.0 Å². The molecule has 0 unspecified atom stereocenters. The summed E-state index contributed by atoms with van der Waals surface area (Å²) in [5.74, 6) is 2.38. The highest BCUT2D eigenvalue weighted by Crippen LogP contribution is 2.31. The van der Waals surface area contributed by atoms with Gasteiger partial charge in [0.2, 0.25) is 0 Å². The molecular weight excluding hydrogens is 440 g/mol. The van der Waals surface area contributed by atoms with Crippen LogP contribution in [0.25, 0.3) is 23.1 Å². The Bertz CT molecular complexity index is 1380. The molecule has 1 fully saturated rings. The number of aryl methyl sites for hydroxylation is 1. The number of anilines is 2. The summed E-state index contributed by atoms with van der Waals surface area (Å²) >= 11 is 2.02. The molecule has 0 bridgehead atoms. The maximum absolute atomic E-state index is 9.73. The zero-order chi connectivity index (χ0) is 23.3. The number of nitriles is 1. The Morgan fingerprint density at radius 2 is 2.03 bits per heavy atom. The Labute approximate surface area is 203 Å². The first-order valence-electron chi connectivity index (χ1n) is 11.4.